The van der Waals surface area contributed by atoms with Crippen molar-refractivity contribution in [3.63, 3.8) is 0 Å². The zero-order valence-electron chi connectivity index (χ0n) is 15.1. The van der Waals surface area contributed by atoms with E-state index in [9.17, 15) is 0 Å². The summed E-state index contributed by atoms with van der Waals surface area (Å²) in [6.45, 7) is 16.1. The Balaban J connectivity index is 1.80. The van der Waals surface area contributed by atoms with Crippen LogP contribution in [0, 0.1) is 5.41 Å². The fraction of sp³-hybridized carbons (Fsp3) is 0.941. The van der Waals surface area contributed by atoms with E-state index in [-0.39, 0.29) is 5.54 Å². The van der Waals surface area contributed by atoms with Crippen molar-refractivity contribution in [2.45, 2.75) is 46.1 Å². The summed E-state index contributed by atoms with van der Waals surface area (Å²) in [6, 6.07) is 0. The summed E-state index contributed by atoms with van der Waals surface area (Å²) in [6.07, 6.45) is 2.50. The minimum absolute atomic E-state index is 0.137. The number of morpholine rings is 1. The molecule has 0 saturated carbocycles. The second kappa shape index (κ2) is 7.18. The molecule has 2 heterocycles. The van der Waals surface area contributed by atoms with Gasteiger partial charge in [-0.1, -0.05) is 13.8 Å². The molecule has 2 aliphatic rings. The van der Waals surface area contributed by atoms with Gasteiger partial charge in [0, 0.05) is 45.3 Å². The van der Waals surface area contributed by atoms with Crippen LogP contribution in [0.5, 0.6) is 0 Å². The van der Waals surface area contributed by atoms with Crippen molar-refractivity contribution in [3.05, 3.63) is 0 Å². The molecule has 0 radical (unpaired) electrons. The molecule has 1 N–H and O–H groups in total. The van der Waals surface area contributed by atoms with Crippen LogP contribution in [-0.2, 0) is 4.74 Å². The van der Waals surface area contributed by atoms with E-state index in [4.69, 9.17) is 4.74 Å². The Morgan fingerprint density at radius 2 is 2.05 bits per heavy atom. The van der Waals surface area contributed by atoms with Gasteiger partial charge in [0.05, 0.1) is 13.2 Å². The van der Waals surface area contributed by atoms with E-state index < -0.39 is 0 Å². The highest BCUT2D eigenvalue weighted by Crippen LogP contribution is 2.32. The Bertz CT molecular complexity index is 396. The first-order chi connectivity index (χ1) is 10.4. The van der Waals surface area contributed by atoms with Crippen molar-refractivity contribution in [2.24, 2.45) is 10.4 Å². The molecule has 5 nitrogen and oxygen atoms in total. The van der Waals surface area contributed by atoms with Gasteiger partial charge in [0.2, 0.25) is 0 Å². The molecule has 1 unspecified atom stereocenters. The first-order valence-electron chi connectivity index (χ1n) is 8.69. The van der Waals surface area contributed by atoms with Crippen molar-refractivity contribution < 1.29 is 4.74 Å². The average molecular weight is 310 g/mol. The number of ether oxygens (including phenoxy) is 1. The van der Waals surface area contributed by atoms with Crippen molar-refractivity contribution >= 4 is 5.96 Å². The SMILES string of the molecule is CCC1(C)CCN(C(=NC)NCCN2CCOCC2(C)C)C1. The maximum Gasteiger partial charge on any atom is 0.193 e. The molecule has 0 aliphatic carbocycles. The van der Waals surface area contributed by atoms with E-state index in [1.165, 1.54) is 12.8 Å². The van der Waals surface area contributed by atoms with Gasteiger partial charge in [-0.2, -0.15) is 0 Å². The Hall–Kier alpha value is -0.810. The summed E-state index contributed by atoms with van der Waals surface area (Å²) in [5, 5.41) is 3.55. The topological polar surface area (TPSA) is 40.1 Å². The number of nitrogens with zero attached hydrogens (tertiary/aromatic N) is 3. The molecular formula is C17H34N4O. The second-order valence-electron chi connectivity index (χ2n) is 7.66. The lowest BCUT2D eigenvalue weighted by Gasteiger charge is -2.42. The van der Waals surface area contributed by atoms with Crippen LogP contribution in [0.3, 0.4) is 0 Å². The van der Waals surface area contributed by atoms with E-state index >= 15 is 0 Å². The minimum Gasteiger partial charge on any atom is -0.378 e. The number of hydrogen-bond acceptors (Lipinski definition) is 3. The Morgan fingerprint density at radius 1 is 1.27 bits per heavy atom. The molecule has 1 atom stereocenters. The van der Waals surface area contributed by atoms with Crippen LogP contribution in [0.4, 0.5) is 0 Å². The van der Waals surface area contributed by atoms with Gasteiger partial charge in [-0.25, -0.2) is 0 Å². The zero-order valence-corrected chi connectivity index (χ0v) is 15.1. The quantitative estimate of drug-likeness (QED) is 0.635. The highest BCUT2D eigenvalue weighted by Gasteiger charge is 2.34. The number of guanidine groups is 1. The number of likely N-dealkylation sites (tertiary alicyclic amines) is 1. The molecule has 128 valence electrons. The zero-order chi connectivity index (χ0) is 16.2. The minimum atomic E-state index is 0.137. The summed E-state index contributed by atoms with van der Waals surface area (Å²) < 4.78 is 5.59. The third-order valence-corrected chi connectivity index (χ3v) is 5.40. The Morgan fingerprint density at radius 3 is 2.64 bits per heavy atom. The maximum absolute atomic E-state index is 5.59. The van der Waals surface area contributed by atoms with Crippen LogP contribution in [-0.4, -0.2) is 74.3 Å². The molecule has 0 aromatic heterocycles. The third-order valence-electron chi connectivity index (χ3n) is 5.40. The highest BCUT2D eigenvalue weighted by atomic mass is 16.5. The van der Waals surface area contributed by atoms with Gasteiger partial charge in [0.25, 0.3) is 0 Å². The standard InChI is InChI=1S/C17H34N4O/c1-6-17(4)7-9-20(13-17)15(18-5)19-8-10-21-11-12-22-14-16(21,2)3/h6-14H2,1-5H3,(H,18,19). The lowest BCUT2D eigenvalue weighted by molar-refractivity contribution is -0.0496. The molecule has 22 heavy (non-hydrogen) atoms. The summed E-state index contributed by atoms with van der Waals surface area (Å²) in [5.41, 5.74) is 0.585. The first kappa shape index (κ1) is 17.5. The fourth-order valence-electron chi connectivity index (χ4n) is 3.43. The molecule has 5 heteroatoms. The van der Waals surface area contributed by atoms with E-state index in [0.717, 1.165) is 51.9 Å². The average Bonchev–Trinajstić information content (AvgIpc) is 2.88. The van der Waals surface area contributed by atoms with Crippen molar-refractivity contribution in [3.8, 4) is 0 Å². The van der Waals surface area contributed by atoms with Crippen LogP contribution in [0.2, 0.25) is 0 Å². The van der Waals surface area contributed by atoms with E-state index in [2.05, 4.69) is 47.8 Å². The normalized spacial score (nSPS) is 29.9. The van der Waals surface area contributed by atoms with Crippen LogP contribution in [0.1, 0.15) is 40.5 Å². The Kier molecular flexibility index (Phi) is 5.72. The van der Waals surface area contributed by atoms with E-state index in [1.54, 1.807) is 0 Å². The second-order valence-corrected chi connectivity index (χ2v) is 7.66. The number of hydrogen-bond donors (Lipinski definition) is 1. The number of rotatable bonds is 4. The van der Waals surface area contributed by atoms with Gasteiger partial charge in [-0.15, -0.1) is 0 Å². The number of aliphatic imine (C=N–C) groups is 1. The predicted octanol–water partition coefficient (Wildman–Crippen LogP) is 1.79. The van der Waals surface area contributed by atoms with Gasteiger partial charge in [0.15, 0.2) is 5.96 Å². The third kappa shape index (κ3) is 4.13. The smallest absolute Gasteiger partial charge is 0.193 e. The van der Waals surface area contributed by atoms with E-state index in [0.29, 0.717) is 5.41 Å². The summed E-state index contributed by atoms with van der Waals surface area (Å²) in [5.74, 6) is 1.06. The van der Waals surface area contributed by atoms with Gasteiger partial charge < -0.3 is 15.0 Å². The van der Waals surface area contributed by atoms with Crippen LogP contribution in [0.15, 0.2) is 4.99 Å². The molecule has 0 bridgehead atoms. The summed E-state index contributed by atoms with van der Waals surface area (Å²) >= 11 is 0. The molecule has 2 saturated heterocycles. The van der Waals surface area contributed by atoms with Gasteiger partial charge in [-0.05, 0) is 32.1 Å². The lowest BCUT2D eigenvalue weighted by atomic mass is 9.87. The lowest BCUT2D eigenvalue weighted by Crippen LogP contribution is -2.55. The monoisotopic (exact) mass is 310 g/mol. The molecular weight excluding hydrogens is 276 g/mol. The molecule has 0 amide bonds. The molecule has 0 aromatic carbocycles. The van der Waals surface area contributed by atoms with Crippen LogP contribution < -0.4 is 5.32 Å². The van der Waals surface area contributed by atoms with Crippen molar-refractivity contribution in [1.29, 1.82) is 0 Å². The molecule has 2 rings (SSSR count). The van der Waals surface area contributed by atoms with Crippen LogP contribution in [0.25, 0.3) is 0 Å². The first-order valence-corrected chi connectivity index (χ1v) is 8.69. The van der Waals surface area contributed by atoms with Crippen molar-refractivity contribution in [1.82, 2.24) is 15.1 Å². The molecule has 2 aliphatic heterocycles. The fourth-order valence-corrected chi connectivity index (χ4v) is 3.43. The molecule has 2 fully saturated rings. The predicted molar refractivity (Wildman–Crippen MR) is 92.4 cm³/mol. The summed E-state index contributed by atoms with van der Waals surface area (Å²) in [7, 11) is 1.89. The Labute approximate surface area is 136 Å². The van der Waals surface area contributed by atoms with Gasteiger partial charge in [-0.3, -0.25) is 9.89 Å². The molecule has 0 aromatic rings. The highest BCUT2D eigenvalue weighted by molar-refractivity contribution is 5.80. The van der Waals surface area contributed by atoms with E-state index in [1.807, 2.05) is 7.05 Å². The van der Waals surface area contributed by atoms with Gasteiger partial charge in [0.1, 0.15) is 0 Å². The summed E-state index contributed by atoms with van der Waals surface area (Å²) in [4.78, 5) is 9.40. The maximum atomic E-state index is 5.59. The largest absolute Gasteiger partial charge is 0.378 e. The number of nitrogens with one attached hydrogen (secondary N) is 1. The van der Waals surface area contributed by atoms with Gasteiger partial charge >= 0.3 is 0 Å². The van der Waals surface area contributed by atoms with Crippen molar-refractivity contribution in [2.75, 3.05) is 53.0 Å². The van der Waals surface area contributed by atoms with Crippen LogP contribution >= 0.6 is 0 Å². The molecule has 0 spiro atoms.